The number of rotatable bonds is 5. The molecule has 3 aromatic rings. The van der Waals surface area contributed by atoms with Crippen LogP contribution in [0.4, 0.5) is 10.3 Å². The monoisotopic (exact) mass is 402 g/mol. The lowest BCUT2D eigenvalue weighted by molar-refractivity contribution is 0.0962. The number of carbonyl (C=O) groups is 1. The SMILES string of the molecule is O=C(NNc1ncccn1)c1ccc(Oc2ccc(Br)cc2)c(F)c1. The second-order valence-electron chi connectivity index (χ2n) is 4.85. The van der Waals surface area contributed by atoms with E-state index in [1.54, 1.807) is 30.3 Å². The van der Waals surface area contributed by atoms with E-state index in [1.807, 2.05) is 0 Å². The van der Waals surface area contributed by atoms with Gasteiger partial charge >= 0.3 is 0 Å². The van der Waals surface area contributed by atoms with Crippen LogP contribution in [0.25, 0.3) is 0 Å². The second kappa shape index (κ2) is 7.71. The van der Waals surface area contributed by atoms with Crippen molar-refractivity contribution in [2.24, 2.45) is 0 Å². The summed E-state index contributed by atoms with van der Waals surface area (Å²) in [5, 5.41) is 0. The molecule has 126 valence electrons. The van der Waals surface area contributed by atoms with Gasteiger partial charge in [0.05, 0.1) is 0 Å². The maximum absolute atomic E-state index is 14.2. The number of carbonyl (C=O) groups excluding carboxylic acids is 1. The first-order chi connectivity index (χ1) is 12.1. The van der Waals surface area contributed by atoms with Crippen molar-refractivity contribution in [1.82, 2.24) is 15.4 Å². The first kappa shape index (κ1) is 16.8. The Morgan fingerprint density at radius 1 is 1.08 bits per heavy atom. The molecule has 0 aliphatic carbocycles. The minimum Gasteiger partial charge on any atom is -0.454 e. The highest BCUT2D eigenvalue weighted by atomic mass is 79.9. The molecule has 0 aliphatic heterocycles. The van der Waals surface area contributed by atoms with E-state index in [-0.39, 0.29) is 17.3 Å². The molecule has 0 atom stereocenters. The molecule has 0 radical (unpaired) electrons. The lowest BCUT2D eigenvalue weighted by Crippen LogP contribution is -2.30. The quantitative estimate of drug-likeness (QED) is 0.632. The molecular weight excluding hydrogens is 391 g/mol. The van der Waals surface area contributed by atoms with Crippen molar-refractivity contribution in [2.75, 3.05) is 5.43 Å². The average Bonchev–Trinajstić information content (AvgIpc) is 2.64. The molecule has 0 unspecified atom stereocenters. The zero-order valence-electron chi connectivity index (χ0n) is 12.7. The molecule has 6 nitrogen and oxygen atoms in total. The number of anilines is 1. The Labute approximate surface area is 151 Å². The highest BCUT2D eigenvalue weighted by Crippen LogP contribution is 2.26. The Morgan fingerprint density at radius 2 is 1.80 bits per heavy atom. The standard InChI is InChI=1S/C17H12BrFN4O2/c18-12-3-5-13(6-4-12)25-15-7-2-11(10-14(15)19)16(24)22-23-17-20-8-1-9-21-17/h1-10H,(H,22,24)(H,20,21,23). The Morgan fingerprint density at radius 3 is 2.48 bits per heavy atom. The van der Waals surface area contributed by atoms with E-state index < -0.39 is 11.7 Å². The molecule has 2 aromatic carbocycles. The van der Waals surface area contributed by atoms with Crippen LogP contribution in [0.1, 0.15) is 10.4 Å². The lowest BCUT2D eigenvalue weighted by atomic mass is 10.2. The van der Waals surface area contributed by atoms with Crippen LogP contribution in [0.15, 0.2) is 65.4 Å². The third-order valence-electron chi connectivity index (χ3n) is 3.09. The molecule has 0 fully saturated rings. The van der Waals surface area contributed by atoms with Crippen LogP contribution < -0.4 is 15.6 Å². The van der Waals surface area contributed by atoms with Crippen LogP contribution in [0.3, 0.4) is 0 Å². The van der Waals surface area contributed by atoms with Crippen LogP contribution in [0.2, 0.25) is 0 Å². The highest BCUT2D eigenvalue weighted by Gasteiger charge is 2.11. The first-order valence-electron chi connectivity index (χ1n) is 7.18. The summed E-state index contributed by atoms with van der Waals surface area (Å²) in [7, 11) is 0. The second-order valence-corrected chi connectivity index (χ2v) is 5.77. The van der Waals surface area contributed by atoms with Crippen molar-refractivity contribution in [3.05, 3.63) is 76.8 Å². The molecule has 25 heavy (non-hydrogen) atoms. The third-order valence-corrected chi connectivity index (χ3v) is 3.62. The van der Waals surface area contributed by atoms with Gasteiger partial charge in [0.1, 0.15) is 5.75 Å². The summed E-state index contributed by atoms with van der Waals surface area (Å²) in [5.41, 5.74) is 5.06. The van der Waals surface area contributed by atoms with Gasteiger partial charge in [0.2, 0.25) is 5.95 Å². The smallest absolute Gasteiger partial charge is 0.269 e. The summed E-state index contributed by atoms with van der Waals surface area (Å²) in [5.74, 6) is -0.431. The predicted molar refractivity (Wildman–Crippen MR) is 93.7 cm³/mol. The number of hydrazine groups is 1. The molecule has 1 amide bonds. The van der Waals surface area contributed by atoms with Gasteiger partial charge in [-0.25, -0.2) is 14.4 Å². The molecule has 0 saturated heterocycles. The molecule has 1 heterocycles. The van der Waals surface area contributed by atoms with Crippen molar-refractivity contribution in [1.29, 1.82) is 0 Å². The minimum atomic E-state index is -0.647. The molecule has 3 rings (SSSR count). The number of nitrogens with one attached hydrogen (secondary N) is 2. The molecule has 0 spiro atoms. The van der Waals surface area contributed by atoms with Crippen LogP contribution in [0, 0.1) is 5.82 Å². The van der Waals surface area contributed by atoms with Crippen molar-refractivity contribution >= 4 is 27.8 Å². The van der Waals surface area contributed by atoms with Crippen molar-refractivity contribution in [2.45, 2.75) is 0 Å². The number of ether oxygens (including phenoxy) is 1. The topological polar surface area (TPSA) is 76.1 Å². The zero-order chi connectivity index (χ0) is 17.6. The number of nitrogens with zero attached hydrogens (tertiary/aromatic N) is 2. The summed E-state index contributed by atoms with van der Waals surface area (Å²) in [4.78, 5) is 19.8. The van der Waals surface area contributed by atoms with E-state index >= 15 is 0 Å². The van der Waals surface area contributed by atoms with Crippen LogP contribution in [-0.4, -0.2) is 15.9 Å². The molecule has 0 saturated carbocycles. The fourth-order valence-electron chi connectivity index (χ4n) is 1.90. The first-order valence-corrected chi connectivity index (χ1v) is 7.97. The van der Waals surface area contributed by atoms with E-state index in [1.165, 1.54) is 24.5 Å². The van der Waals surface area contributed by atoms with Crippen molar-refractivity contribution < 1.29 is 13.9 Å². The van der Waals surface area contributed by atoms with Crippen LogP contribution in [-0.2, 0) is 0 Å². The fourth-order valence-corrected chi connectivity index (χ4v) is 2.17. The summed E-state index contributed by atoms with van der Waals surface area (Å²) in [6.45, 7) is 0. The molecule has 0 bridgehead atoms. The molecular formula is C17H12BrFN4O2. The molecule has 0 aliphatic rings. The number of hydrogen-bond donors (Lipinski definition) is 2. The Kier molecular flexibility index (Phi) is 5.20. The number of aromatic nitrogens is 2. The van der Waals surface area contributed by atoms with Gasteiger partial charge in [0.15, 0.2) is 11.6 Å². The Hall–Kier alpha value is -3.00. The van der Waals surface area contributed by atoms with E-state index in [0.717, 1.165) is 10.5 Å². The van der Waals surface area contributed by atoms with Gasteiger partial charge in [-0.05, 0) is 48.5 Å². The van der Waals surface area contributed by atoms with Crippen LogP contribution in [0.5, 0.6) is 11.5 Å². The maximum Gasteiger partial charge on any atom is 0.269 e. The van der Waals surface area contributed by atoms with Gasteiger partial charge in [-0.2, -0.15) is 0 Å². The molecule has 2 N–H and O–H groups in total. The predicted octanol–water partition coefficient (Wildman–Crippen LogP) is 3.93. The number of amides is 1. The van der Waals surface area contributed by atoms with Gasteiger partial charge < -0.3 is 4.74 Å². The maximum atomic E-state index is 14.2. The fraction of sp³-hybridized carbons (Fsp3) is 0. The number of benzene rings is 2. The van der Waals surface area contributed by atoms with E-state index in [9.17, 15) is 9.18 Å². The lowest BCUT2D eigenvalue weighted by Gasteiger charge is -2.09. The largest absolute Gasteiger partial charge is 0.454 e. The Bertz CT molecular complexity index is 876. The van der Waals surface area contributed by atoms with Gasteiger partial charge in [-0.15, -0.1) is 0 Å². The summed E-state index contributed by atoms with van der Waals surface area (Å²) in [6, 6.07) is 12.6. The zero-order valence-corrected chi connectivity index (χ0v) is 14.3. The minimum absolute atomic E-state index is 0.0261. The molecule has 8 heteroatoms. The summed E-state index contributed by atoms with van der Waals surface area (Å²) in [6.07, 6.45) is 3.05. The Balaban J connectivity index is 1.66. The van der Waals surface area contributed by atoms with E-state index in [2.05, 4.69) is 36.7 Å². The van der Waals surface area contributed by atoms with Gasteiger partial charge in [0, 0.05) is 22.4 Å². The average molecular weight is 403 g/mol. The molecule has 1 aromatic heterocycles. The van der Waals surface area contributed by atoms with Crippen molar-refractivity contribution in [3.63, 3.8) is 0 Å². The summed E-state index contributed by atoms with van der Waals surface area (Å²) < 4.78 is 20.5. The van der Waals surface area contributed by atoms with E-state index in [0.29, 0.717) is 5.75 Å². The highest BCUT2D eigenvalue weighted by molar-refractivity contribution is 9.10. The third kappa shape index (κ3) is 4.51. The number of halogens is 2. The van der Waals surface area contributed by atoms with Gasteiger partial charge in [-0.1, -0.05) is 15.9 Å². The van der Waals surface area contributed by atoms with Crippen LogP contribution >= 0.6 is 15.9 Å². The van der Waals surface area contributed by atoms with Crippen molar-refractivity contribution in [3.8, 4) is 11.5 Å². The summed E-state index contributed by atoms with van der Waals surface area (Å²) >= 11 is 3.31. The van der Waals surface area contributed by atoms with Gasteiger partial charge in [-0.3, -0.25) is 15.6 Å². The number of hydrogen-bond acceptors (Lipinski definition) is 5. The normalized spacial score (nSPS) is 10.2. The van der Waals surface area contributed by atoms with Gasteiger partial charge in [0.25, 0.3) is 5.91 Å². The van der Waals surface area contributed by atoms with E-state index in [4.69, 9.17) is 4.74 Å².